The number of benzene rings is 3. The number of unbranched alkanes of at least 4 members (excludes halogenated alkanes) is 13. The van der Waals surface area contributed by atoms with Crippen LogP contribution < -0.4 is 0 Å². The molecule has 3 aromatic carbocycles. The van der Waals surface area contributed by atoms with Crippen LogP contribution in [0.5, 0.6) is 0 Å². The summed E-state index contributed by atoms with van der Waals surface area (Å²) in [7, 11) is 0. The van der Waals surface area contributed by atoms with Gasteiger partial charge in [0.15, 0.2) is 0 Å². The number of hydrogen-bond acceptors (Lipinski definition) is 3. The van der Waals surface area contributed by atoms with E-state index in [2.05, 4.69) is 43.3 Å². The van der Waals surface area contributed by atoms with Crippen molar-refractivity contribution in [3.63, 3.8) is 0 Å². The van der Waals surface area contributed by atoms with Crippen LogP contribution in [0.2, 0.25) is 0 Å². The minimum Gasteiger partial charge on any atom is -0.388 e. The van der Waals surface area contributed by atoms with Crippen molar-refractivity contribution in [2.75, 3.05) is 19.8 Å². The van der Waals surface area contributed by atoms with Crippen molar-refractivity contribution in [3.05, 3.63) is 108 Å². The first-order valence-electron chi connectivity index (χ1n) is 16.3. The van der Waals surface area contributed by atoms with Crippen LogP contribution in [0.15, 0.2) is 91.0 Å². The van der Waals surface area contributed by atoms with E-state index >= 15 is 0 Å². The van der Waals surface area contributed by atoms with Crippen LogP contribution in [0.1, 0.15) is 114 Å². The zero-order valence-corrected chi connectivity index (χ0v) is 25.5. The van der Waals surface area contributed by atoms with Crippen molar-refractivity contribution >= 4 is 0 Å². The van der Waals surface area contributed by atoms with Gasteiger partial charge in [-0.25, -0.2) is 0 Å². The maximum atomic E-state index is 10.8. The molecule has 1 N–H and O–H groups in total. The molecule has 1 atom stereocenters. The quantitative estimate of drug-likeness (QED) is 0.0930. The highest BCUT2D eigenvalue weighted by molar-refractivity contribution is 5.47. The first kappa shape index (κ1) is 33.0. The van der Waals surface area contributed by atoms with Gasteiger partial charge in [-0.1, -0.05) is 181 Å². The molecule has 0 saturated carbocycles. The minimum absolute atomic E-state index is 0.178. The lowest BCUT2D eigenvalue weighted by Crippen LogP contribution is -2.36. The van der Waals surface area contributed by atoms with E-state index < -0.39 is 11.7 Å². The van der Waals surface area contributed by atoms with E-state index in [9.17, 15) is 5.11 Å². The summed E-state index contributed by atoms with van der Waals surface area (Å²) in [6.45, 7) is 3.44. The predicted molar refractivity (Wildman–Crippen MR) is 172 cm³/mol. The molecule has 0 unspecified atom stereocenters. The van der Waals surface area contributed by atoms with E-state index in [0.717, 1.165) is 23.1 Å². The van der Waals surface area contributed by atoms with Gasteiger partial charge in [0.2, 0.25) is 0 Å². The van der Waals surface area contributed by atoms with Crippen molar-refractivity contribution in [2.45, 2.75) is 109 Å². The van der Waals surface area contributed by atoms with Gasteiger partial charge in [0.25, 0.3) is 0 Å². The van der Waals surface area contributed by atoms with Crippen LogP contribution in [-0.4, -0.2) is 31.0 Å². The van der Waals surface area contributed by atoms with Gasteiger partial charge in [-0.3, -0.25) is 0 Å². The average molecular weight is 559 g/mol. The number of aliphatic hydroxyl groups is 1. The van der Waals surface area contributed by atoms with Crippen LogP contribution in [0.25, 0.3) is 0 Å². The molecule has 3 aromatic rings. The largest absolute Gasteiger partial charge is 0.388 e. The Kier molecular flexibility index (Phi) is 16.5. The molecule has 224 valence electrons. The molecule has 0 aromatic heterocycles. The number of hydrogen-bond donors (Lipinski definition) is 1. The summed E-state index contributed by atoms with van der Waals surface area (Å²) in [6.07, 6.45) is 18.1. The van der Waals surface area contributed by atoms with Crippen molar-refractivity contribution in [2.24, 2.45) is 0 Å². The van der Waals surface area contributed by atoms with E-state index in [4.69, 9.17) is 9.47 Å². The highest BCUT2D eigenvalue weighted by Crippen LogP contribution is 2.40. The lowest BCUT2D eigenvalue weighted by Gasteiger charge is -2.36. The van der Waals surface area contributed by atoms with Gasteiger partial charge in [-0.15, -0.1) is 0 Å². The fourth-order valence-electron chi connectivity index (χ4n) is 5.66. The highest BCUT2D eigenvalue weighted by Gasteiger charge is 2.38. The molecule has 0 radical (unpaired) electrons. The highest BCUT2D eigenvalue weighted by atomic mass is 16.5. The third-order valence-corrected chi connectivity index (χ3v) is 7.99. The Morgan fingerprint density at radius 2 is 0.878 bits per heavy atom. The Morgan fingerprint density at radius 3 is 1.27 bits per heavy atom. The van der Waals surface area contributed by atoms with Crippen molar-refractivity contribution in [3.8, 4) is 0 Å². The fraction of sp³-hybridized carbons (Fsp3) is 0.526. The molecule has 0 amide bonds. The molecule has 41 heavy (non-hydrogen) atoms. The summed E-state index contributed by atoms with van der Waals surface area (Å²) in [4.78, 5) is 0. The van der Waals surface area contributed by atoms with Crippen LogP contribution in [0, 0.1) is 0 Å². The SMILES string of the molecule is CCCCCCCCCCCCCCCCOC[C@H](O)COC(c1ccccc1)(c1ccccc1)c1ccccc1. The smallest absolute Gasteiger partial charge is 0.143 e. The van der Waals surface area contributed by atoms with Crippen molar-refractivity contribution in [1.29, 1.82) is 0 Å². The molecule has 3 rings (SSSR count). The molecule has 0 spiro atoms. The maximum absolute atomic E-state index is 10.8. The zero-order chi connectivity index (χ0) is 28.9. The normalized spacial score (nSPS) is 12.4. The number of rotatable bonds is 23. The van der Waals surface area contributed by atoms with E-state index in [1.165, 1.54) is 83.5 Å². The Labute approximate surface area is 250 Å². The second-order valence-corrected chi connectivity index (χ2v) is 11.4. The predicted octanol–water partition coefficient (Wildman–Crippen LogP) is 9.85. The third kappa shape index (κ3) is 11.7. The molecule has 0 heterocycles. The third-order valence-electron chi connectivity index (χ3n) is 7.99. The van der Waals surface area contributed by atoms with Gasteiger partial charge in [0.1, 0.15) is 11.7 Å². The maximum Gasteiger partial charge on any atom is 0.143 e. The van der Waals surface area contributed by atoms with Gasteiger partial charge in [-0.05, 0) is 23.1 Å². The lowest BCUT2D eigenvalue weighted by molar-refractivity contribution is -0.0641. The molecular formula is C38H54O3. The van der Waals surface area contributed by atoms with Crippen molar-refractivity contribution < 1.29 is 14.6 Å². The number of aliphatic hydroxyl groups excluding tert-OH is 1. The monoisotopic (exact) mass is 558 g/mol. The van der Waals surface area contributed by atoms with E-state index in [-0.39, 0.29) is 13.2 Å². The van der Waals surface area contributed by atoms with Gasteiger partial charge in [-0.2, -0.15) is 0 Å². The molecule has 0 aliphatic heterocycles. The summed E-state index contributed by atoms with van der Waals surface area (Å²) in [5, 5.41) is 10.8. The molecule has 0 fully saturated rings. The Morgan fingerprint density at radius 1 is 0.512 bits per heavy atom. The Balaban J connectivity index is 1.36. The first-order valence-corrected chi connectivity index (χ1v) is 16.3. The van der Waals surface area contributed by atoms with Crippen LogP contribution in [0.4, 0.5) is 0 Å². The second-order valence-electron chi connectivity index (χ2n) is 11.4. The summed E-state index contributed by atoms with van der Waals surface area (Å²) in [6, 6.07) is 30.9. The first-order chi connectivity index (χ1) is 20.3. The molecule has 3 heteroatoms. The Bertz CT molecular complexity index is 909. The minimum atomic E-state index is -0.820. The second kappa shape index (κ2) is 20.4. The summed E-state index contributed by atoms with van der Waals surface area (Å²) < 4.78 is 12.6. The van der Waals surface area contributed by atoms with Crippen LogP contribution in [0.3, 0.4) is 0 Å². The van der Waals surface area contributed by atoms with Crippen molar-refractivity contribution in [1.82, 2.24) is 0 Å². The summed E-state index contributed by atoms with van der Waals surface area (Å²) in [5.74, 6) is 0. The van der Waals surface area contributed by atoms with Crippen LogP contribution >= 0.6 is 0 Å². The van der Waals surface area contributed by atoms with Gasteiger partial charge < -0.3 is 14.6 Å². The molecule has 3 nitrogen and oxygen atoms in total. The molecule has 0 bridgehead atoms. The summed E-state index contributed by atoms with van der Waals surface area (Å²) >= 11 is 0. The standard InChI is InChI=1S/C38H54O3/c1-2-3-4-5-6-7-8-9-10-11-12-13-14-24-31-40-32-37(39)33-41-38(34-25-18-15-19-26-34,35-27-20-16-21-28-35)36-29-22-17-23-30-36/h15-23,25-30,37,39H,2-14,24,31-33H2,1H3/t37-/m0/s1. The van der Waals surface area contributed by atoms with Gasteiger partial charge in [0, 0.05) is 6.61 Å². The average Bonchev–Trinajstić information content (AvgIpc) is 3.03. The lowest BCUT2D eigenvalue weighted by atomic mass is 9.80. The molecule has 0 aliphatic carbocycles. The molecule has 0 aliphatic rings. The zero-order valence-electron chi connectivity index (χ0n) is 25.5. The molecular weight excluding hydrogens is 504 g/mol. The van der Waals surface area contributed by atoms with E-state index in [1.807, 2.05) is 54.6 Å². The van der Waals surface area contributed by atoms with Gasteiger partial charge >= 0.3 is 0 Å². The summed E-state index contributed by atoms with van der Waals surface area (Å²) in [5.41, 5.74) is 2.29. The van der Waals surface area contributed by atoms with E-state index in [0.29, 0.717) is 6.61 Å². The van der Waals surface area contributed by atoms with Crippen LogP contribution in [-0.2, 0) is 15.1 Å². The number of ether oxygens (including phenoxy) is 2. The molecule has 0 saturated heterocycles. The van der Waals surface area contributed by atoms with Gasteiger partial charge in [0.05, 0.1) is 13.2 Å². The van der Waals surface area contributed by atoms with E-state index in [1.54, 1.807) is 0 Å². The Hall–Kier alpha value is -2.46. The fourth-order valence-corrected chi connectivity index (χ4v) is 5.66. The topological polar surface area (TPSA) is 38.7 Å².